The summed E-state index contributed by atoms with van der Waals surface area (Å²) >= 11 is 0. The first-order valence-corrected chi connectivity index (χ1v) is 5.21. The van der Waals surface area contributed by atoms with E-state index in [9.17, 15) is 5.11 Å². The summed E-state index contributed by atoms with van der Waals surface area (Å²) in [5.41, 5.74) is 2.79. The van der Waals surface area contributed by atoms with Crippen molar-refractivity contribution < 1.29 is 9.84 Å². The molecule has 0 amide bonds. The van der Waals surface area contributed by atoms with E-state index in [1.54, 1.807) is 24.6 Å². The second-order valence-electron chi connectivity index (χ2n) is 3.83. The van der Waals surface area contributed by atoms with E-state index in [1.165, 1.54) is 0 Å². The summed E-state index contributed by atoms with van der Waals surface area (Å²) in [6.45, 7) is 1.76. The molecule has 0 aliphatic carbocycles. The molecule has 5 heteroatoms. The molecule has 17 heavy (non-hydrogen) atoms. The number of nitrogens with zero attached hydrogens (tertiary/aromatic N) is 3. The fourth-order valence-corrected chi connectivity index (χ4v) is 1.92. The second kappa shape index (κ2) is 3.35. The van der Waals surface area contributed by atoms with Gasteiger partial charge in [-0.25, -0.2) is 4.98 Å². The smallest absolute Gasteiger partial charge is 0.219 e. The van der Waals surface area contributed by atoms with E-state index in [0.717, 1.165) is 16.8 Å². The van der Waals surface area contributed by atoms with Gasteiger partial charge in [-0.15, -0.1) is 0 Å². The van der Waals surface area contributed by atoms with Crippen LogP contribution in [0.2, 0.25) is 0 Å². The zero-order valence-corrected chi connectivity index (χ0v) is 9.51. The minimum atomic E-state index is 0.151. The fraction of sp³-hybridized carbons (Fsp3) is 0.167. The number of hydrogen-bond acceptors (Lipinski definition) is 4. The molecule has 3 aromatic rings. The Kier molecular flexibility index (Phi) is 1.95. The van der Waals surface area contributed by atoms with Crippen molar-refractivity contribution in [2.24, 2.45) is 0 Å². The van der Waals surface area contributed by atoms with Gasteiger partial charge in [-0.05, 0) is 19.1 Å². The Labute approximate surface area is 97.3 Å². The van der Waals surface area contributed by atoms with Gasteiger partial charge in [0, 0.05) is 6.07 Å². The van der Waals surface area contributed by atoms with Crippen LogP contribution in [0.1, 0.15) is 5.69 Å². The van der Waals surface area contributed by atoms with E-state index in [2.05, 4.69) is 9.97 Å². The molecule has 1 aromatic carbocycles. The molecule has 3 rings (SSSR count). The maximum Gasteiger partial charge on any atom is 0.219 e. The highest BCUT2D eigenvalue weighted by Crippen LogP contribution is 2.25. The van der Waals surface area contributed by atoms with Crippen LogP contribution < -0.4 is 4.74 Å². The standard InChI is InChI=1S/C12H11N3O2/c1-7-12(16)15-10-4-3-8(17-2)5-9(10)13-6-11(15)14-7/h3-6,16H,1-2H3. The van der Waals surface area contributed by atoms with Crippen LogP contribution in [0, 0.1) is 6.92 Å². The van der Waals surface area contributed by atoms with Crippen LogP contribution in [-0.2, 0) is 0 Å². The third kappa shape index (κ3) is 1.32. The lowest BCUT2D eigenvalue weighted by Crippen LogP contribution is -1.91. The van der Waals surface area contributed by atoms with Crippen LogP contribution in [0.4, 0.5) is 0 Å². The first-order valence-electron chi connectivity index (χ1n) is 5.21. The van der Waals surface area contributed by atoms with Gasteiger partial charge in [-0.1, -0.05) is 0 Å². The minimum Gasteiger partial charge on any atom is -0.497 e. The highest BCUT2D eigenvalue weighted by atomic mass is 16.5. The van der Waals surface area contributed by atoms with Gasteiger partial charge in [0.2, 0.25) is 5.88 Å². The SMILES string of the molecule is COc1ccc2c(c1)ncc1nc(C)c(O)n12. The van der Waals surface area contributed by atoms with Crippen molar-refractivity contribution in [3.05, 3.63) is 30.1 Å². The van der Waals surface area contributed by atoms with E-state index in [4.69, 9.17) is 4.74 Å². The zero-order valence-electron chi connectivity index (χ0n) is 9.51. The number of aromatic hydroxyl groups is 1. The molecule has 0 radical (unpaired) electrons. The molecule has 0 saturated carbocycles. The van der Waals surface area contributed by atoms with Gasteiger partial charge < -0.3 is 9.84 Å². The Hall–Kier alpha value is -2.30. The monoisotopic (exact) mass is 229 g/mol. The Balaban J connectivity index is 2.47. The summed E-state index contributed by atoms with van der Waals surface area (Å²) in [6.07, 6.45) is 1.63. The van der Waals surface area contributed by atoms with Crippen molar-refractivity contribution in [2.45, 2.75) is 6.92 Å². The van der Waals surface area contributed by atoms with Crippen molar-refractivity contribution in [1.82, 2.24) is 14.4 Å². The van der Waals surface area contributed by atoms with E-state index >= 15 is 0 Å². The molecule has 1 N–H and O–H groups in total. The topological polar surface area (TPSA) is 59.7 Å². The largest absolute Gasteiger partial charge is 0.497 e. The maximum absolute atomic E-state index is 9.96. The predicted octanol–water partition coefficient (Wildman–Crippen LogP) is 1.91. The van der Waals surface area contributed by atoms with Crippen LogP contribution in [0.15, 0.2) is 24.4 Å². The molecule has 2 aromatic heterocycles. The van der Waals surface area contributed by atoms with Gasteiger partial charge in [-0.3, -0.25) is 9.38 Å². The molecule has 0 aliphatic rings. The van der Waals surface area contributed by atoms with Crippen molar-refractivity contribution >= 4 is 16.7 Å². The lowest BCUT2D eigenvalue weighted by molar-refractivity contribution is 0.415. The molecule has 0 aliphatic heterocycles. The summed E-state index contributed by atoms with van der Waals surface area (Å²) < 4.78 is 6.82. The van der Waals surface area contributed by atoms with Gasteiger partial charge in [0.25, 0.3) is 0 Å². The second-order valence-corrected chi connectivity index (χ2v) is 3.83. The number of benzene rings is 1. The highest BCUT2D eigenvalue weighted by Gasteiger charge is 2.10. The van der Waals surface area contributed by atoms with Gasteiger partial charge in [0.05, 0.1) is 24.3 Å². The molecule has 0 fully saturated rings. The van der Waals surface area contributed by atoms with Crippen LogP contribution >= 0.6 is 0 Å². The Morgan fingerprint density at radius 1 is 1.35 bits per heavy atom. The summed E-state index contributed by atoms with van der Waals surface area (Å²) in [4.78, 5) is 8.52. The lowest BCUT2D eigenvalue weighted by Gasteiger charge is -2.04. The first kappa shape index (κ1) is 9.89. The van der Waals surface area contributed by atoms with Crippen LogP contribution in [0.25, 0.3) is 16.7 Å². The molecule has 0 unspecified atom stereocenters. The van der Waals surface area contributed by atoms with Crippen molar-refractivity contribution in [3.63, 3.8) is 0 Å². The number of methoxy groups -OCH3 is 1. The van der Waals surface area contributed by atoms with E-state index in [-0.39, 0.29) is 5.88 Å². The van der Waals surface area contributed by atoms with Crippen LogP contribution in [0.5, 0.6) is 11.6 Å². The number of hydrogen-bond donors (Lipinski definition) is 1. The van der Waals surface area contributed by atoms with Gasteiger partial charge in [-0.2, -0.15) is 0 Å². The third-order valence-electron chi connectivity index (χ3n) is 2.79. The van der Waals surface area contributed by atoms with Crippen molar-refractivity contribution in [2.75, 3.05) is 7.11 Å². The zero-order chi connectivity index (χ0) is 12.0. The summed E-state index contributed by atoms with van der Waals surface area (Å²) in [5.74, 6) is 0.887. The average molecular weight is 229 g/mol. The molecule has 0 saturated heterocycles. The van der Waals surface area contributed by atoms with E-state index in [0.29, 0.717) is 11.3 Å². The molecule has 0 bridgehead atoms. The molecular formula is C12H11N3O2. The third-order valence-corrected chi connectivity index (χ3v) is 2.79. The molecule has 2 heterocycles. The Bertz CT molecular complexity index is 718. The number of fused-ring (bicyclic) bond motifs is 3. The number of aromatic nitrogens is 3. The Morgan fingerprint density at radius 2 is 2.18 bits per heavy atom. The fourth-order valence-electron chi connectivity index (χ4n) is 1.92. The Morgan fingerprint density at radius 3 is 2.94 bits per heavy atom. The van der Waals surface area contributed by atoms with Crippen LogP contribution in [0.3, 0.4) is 0 Å². The number of rotatable bonds is 1. The normalized spacial score (nSPS) is 11.2. The summed E-state index contributed by atoms with van der Waals surface area (Å²) in [5, 5.41) is 9.96. The summed E-state index contributed by atoms with van der Waals surface area (Å²) in [7, 11) is 1.61. The average Bonchev–Trinajstić information content (AvgIpc) is 2.65. The van der Waals surface area contributed by atoms with Gasteiger partial charge in [0.15, 0.2) is 5.65 Å². The van der Waals surface area contributed by atoms with Gasteiger partial charge in [0.1, 0.15) is 11.4 Å². The van der Waals surface area contributed by atoms with E-state index in [1.807, 2.05) is 18.2 Å². The van der Waals surface area contributed by atoms with E-state index < -0.39 is 0 Å². The molecular weight excluding hydrogens is 218 g/mol. The number of aryl methyl sites for hydroxylation is 1. The lowest BCUT2D eigenvalue weighted by atomic mass is 10.3. The molecule has 0 atom stereocenters. The highest BCUT2D eigenvalue weighted by molar-refractivity contribution is 5.80. The maximum atomic E-state index is 9.96. The number of imidazole rings is 1. The van der Waals surface area contributed by atoms with Crippen molar-refractivity contribution in [3.8, 4) is 11.6 Å². The number of ether oxygens (including phenoxy) is 1. The molecule has 0 spiro atoms. The molecule has 86 valence electrons. The van der Waals surface area contributed by atoms with Crippen LogP contribution in [-0.4, -0.2) is 26.6 Å². The van der Waals surface area contributed by atoms with Crippen molar-refractivity contribution in [1.29, 1.82) is 0 Å². The predicted molar refractivity (Wildman–Crippen MR) is 63.4 cm³/mol. The van der Waals surface area contributed by atoms with Gasteiger partial charge >= 0.3 is 0 Å². The first-order chi connectivity index (χ1) is 8.20. The molecule has 5 nitrogen and oxygen atoms in total. The summed E-state index contributed by atoms with van der Waals surface area (Å²) in [6, 6.07) is 5.51. The quantitative estimate of drug-likeness (QED) is 0.692. The minimum absolute atomic E-state index is 0.151.